The maximum Gasteiger partial charge on any atom is 0.183 e. The van der Waals surface area contributed by atoms with E-state index in [1.807, 2.05) is 0 Å². The molecule has 0 aliphatic heterocycles. The van der Waals surface area contributed by atoms with E-state index in [1.165, 1.54) is 12.1 Å². The summed E-state index contributed by atoms with van der Waals surface area (Å²) in [5, 5.41) is 10.1. The summed E-state index contributed by atoms with van der Waals surface area (Å²) in [6.45, 7) is 0.318. The number of hydrogen-bond donors (Lipinski definition) is 2. The Kier molecular flexibility index (Phi) is 4.07. The second-order valence-corrected chi connectivity index (χ2v) is 7.58. The topological polar surface area (TPSA) is 80.4 Å². The van der Waals surface area contributed by atoms with Crippen LogP contribution in [0.1, 0.15) is 37.7 Å². The number of nitrogens with two attached hydrogens (primary N) is 1. The lowest BCUT2D eigenvalue weighted by Crippen LogP contribution is -2.37. The van der Waals surface area contributed by atoms with E-state index >= 15 is 0 Å². The third-order valence-electron chi connectivity index (χ3n) is 4.25. The Hall–Kier alpha value is -1.14. The van der Waals surface area contributed by atoms with Gasteiger partial charge in [0.05, 0.1) is 0 Å². The van der Waals surface area contributed by atoms with Gasteiger partial charge in [0.1, 0.15) is 4.90 Å². The van der Waals surface area contributed by atoms with E-state index in [-0.39, 0.29) is 0 Å². The van der Waals surface area contributed by atoms with E-state index in [4.69, 9.17) is 5.73 Å². The molecule has 0 bridgehead atoms. The molecule has 0 amide bonds. The number of phenols is 1. The lowest BCUT2D eigenvalue weighted by molar-refractivity contribution is 0.286. The Labute approximate surface area is 118 Å². The largest absolute Gasteiger partial charge is 0.505 e. The van der Waals surface area contributed by atoms with Crippen LogP contribution in [0, 0.1) is 5.82 Å². The van der Waals surface area contributed by atoms with Crippen LogP contribution >= 0.6 is 0 Å². The summed E-state index contributed by atoms with van der Waals surface area (Å²) in [4.78, 5) is -0.471. The molecule has 0 spiro atoms. The molecular formula is C14H20FNO3S. The average Bonchev–Trinajstić information content (AvgIpc) is 2.41. The highest BCUT2D eigenvalue weighted by Crippen LogP contribution is 2.44. The molecule has 2 rings (SSSR count). The van der Waals surface area contributed by atoms with Crippen molar-refractivity contribution in [1.82, 2.24) is 0 Å². The molecule has 0 atom stereocenters. The van der Waals surface area contributed by atoms with E-state index in [2.05, 4.69) is 0 Å². The summed E-state index contributed by atoms with van der Waals surface area (Å²) in [5.74, 6) is -1.64. The normalized spacial score (nSPS) is 18.9. The van der Waals surface area contributed by atoms with Crippen LogP contribution in [-0.2, 0) is 15.3 Å². The lowest BCUT2D eigenvalue weighted by atomic mass is 9.69. The molecule has 1 aromatic rings. The van der Waals surface area contributed by atoms with Gasteiger partial charge >= 0.3 is 0 Å². The minimum absolute atomic E-state index is 0.318. The summed E-state index contributed by atoms with van der Waals surface area (Å²) >= 11 is 0. The predicted octanol–water partition coefficient (Wildman–Crippen LogP) is 2.10. The summed E-state index contributed by atoms with van der Waals surface area (Å²) < 4.78 is 37.1. The maximum atomic E-state index is 14.1. The molecule has 0 saturated heterocycles. The van der Waals surface area contributed by atoms with Gasteiger partial charge in [-0.25, -0.2) is 12.8 Å². The molecular weight excluding hydrogens is 281 g/mol. The second-order valence-electron chi connectivity index (χ2n) is 5.59. The van der Waals surface area contributed by atoms with Gasteiger partial charge in [-0.3, -0.25) is 0 Å². The third-order valence-corrected chi connectivity index (χ3v) is 5.37. The fraction of sp³-hybridized carbons (Fsp3) is 0.571. The minimum Gasteiger partial charge on any atom is -0.505 e. The molecule has 0 aromatic heterocycles. The number of benzene rings is 1. The van der Waals surface area contributed by atoms with Crippen LogP contribution in [0.2, 0.25) is 0 Å². The summed E-state index contributed by atoms with van der Waals surface area (Å²) in [7, 11) is -3.70. The van der Waals surface area contributed by atoms with Crippen molar-refractivity contribution in [2.45, 2.75) is 42.4 Å². The number of halogens is 1. The molecule has 6 heteroatoms. The van der Waals surface area contributed by atoms with Crippen LogP contribution in [0.25, 0.3) is 0 Å². The van der Waals surface area contributed by atoms with Crippen molar-refractivity contribution in [3.63, 3.8) is 0 Å². The molecule has 1 saturated carbocycles. The number of rotatable bonds is 3. The van der Waals surface area contributed by atoms with Gasteiger partial charge in [-0.15, -0.1) is 0 Å². The van der Waals surface area contributed by atoms with Crippen LogP contribution in [0.3, 0.4) is 0 Å². The van der Waals surface area contributed by atoms with Crippen molar-refractivity contribution in [2.75, 3.05) is 12.8 Å². The predicted molar refractivity (Wildman–Crippen MR) is 75.0 cm³/mol. The van der Waals surface area contributed by atoms with Crippen molar-refractivity contribution in [3.05, 3.63) is 23.5 Å². The number of sulfone groups is 1. The Morgan fingerprint density at radius 1 is 1.30 bits per heavy atom. The molecule has 1 aliphatic carbocycles. The van der Waals surface area contributed by atoms with Gasteiger partial charge in [-0.1, -0.05) is 25.3 Å². The molecule has 1 aliphatic rings. The first-order valence-corrected chi connectivity index (χ1v) is 8.63. The molecule has 4 nitrogen and oxygen atoms in total. The van der Waals surface area contributed by atoms with Gasteiger partial charge < -0.3 is 10.8 Å². The first kappa shape index (κ1) is 15.3. The van der Waals surface area contributed by atoms with Gasteiger partial charge in [0.2, 0.25) is 0 Å². The maximum absolute atomic E-state index is 14.1. The molecule has 112 valence electrons. The molecule has 0 unspecified atom stereocenters. The molecule has 20 heavy (non-hydrogen) atoms. The van der Waals surface area contributed by atoms with Crippen molar-refractivity contribution in [2.24, 2.45) is 5.73 Å². The Morgan fingerprint density at radius 2 is 1.90 bits per heavy atom. The van der Waals surface area contributed by atoms with Crippen molar-refractivity contribution in [3.8, 4) is 5.75 Å². The van der Waals surface area contributed by atoms with Crippen LogP contribution < -0.4 is 5.73 Å². The van der Waals surface area contributed by atoms with Crippen LogP contribution in [0.15, 0.2) is 17.0 Å². The zero-order valence-corrected chi connectivity index (χ0v) is 12.3. The molecule has 0 radical (unpaired) electrons. The Morgan fingerprint density at radius 3 is 2.40 bits per heavy atom. The fourth-order valence-corrected chi connectivity index (χ4v) is 3.81. The number of aromatic hydroxyl groups is 1. The molecule has 1 aromatic carbocycles. The van der Waals surface area contributed by atoms with Gasteiger partial charge in [0.15, 0.2) is 21.4 Å². The third kappa shape index (κ3) is 2.54. The second kappa shape index (κ2) is 5.33. The van der Waals surface area contributed by atoms with E-state index in [9.17, 15) is 17.9 Å². The lowest BCUT2D eigenvalue weighted by Gasteiger charge is -2.37. The summed E-state index contributed by atoms with van der Waals surface area (Å²) in [6, 6.07) is 2.73. The van der Waals surface area contributed by atoms with Crippen LogP contribution in [0.5, 0.6) is 5.75 Å². The minimum atomic E-state index is -3.70. The Bertz CT molecular complexity index is 607. The fourth-order valence-electron chi connectivity index (χ4n) is 3.07. The Balaban J connectivity index is 2.56. The van der Waals surface area contributed by atoms with Crippen LogP contribution in [0.4, 0.5) is 4.39 Å². The highest BCUT2D eigenvalue weighted by Gasteiger charge is 2.36. The van der Waals surface area contributed by atoms with Gasteiger partial charge in [-0.05, 0) is 18.9 Å². The highest BCUT2D eigenvalue weighted by molar-refractivity contribution is 7.90. The van der Waals surface area contributed by atoms with Gasteiger partial charge in [0.25, 0.3) is 0 Å². The summed E-state index contributed by atoms with van der Waals surface area (Å²) in [5.41, 5.74) is 5.85. The van der Waals surface area contributed by atoms with E-state index < -0.39 is 31.7 Å². The van der Waals surface area contributed by atoms with Gasteiger partial charge in [0, 0.05) is 23.8 Å². The van der Waals surface area contributed by atoms with E-state index in [0.717, 1.165) is 38.4 Å². The highest BCUT2D eigenvalue weighted by atomic mass is 32.2. The molecule has 3 N–H and O–H groups in total. The van der Waals surface area contributed by atoms with Crippen molar-refractivity contribution < 1.29 is 17.9 Å². The zero-order chi connectivity index (χ0) is 15.0. The molecule has 1 fully saturated rings. The van der Waals surface area contributed by atoms with Crippen molar-refractivity contribution in [1.29, 1.82) is 0 Å². The number of hydrogen-bond acceptors (Lipinski definition) is 4. The first-order valence-electron chi connectivity index (χ1n) is 6.74. The molecule has 0 heterocycles. The van der Waals surface area contributed by atoms with Crippen molar-refractivity contribution >= 4 is 9.84 Å². The zero-order valence-electron chi connectivity index (χ0n) is 11.5. The standard InChI is InChI=1S/C14H20FNO3S/c1-20(18,19)11-6-5-10(13(17)12(11)15)14(9-16)7-3-2-4-8-14/h5-6,17H,2-4,7-9,16H2,1H3. The van der Waals surface area contributed by atoms with E-state index in [0.29, 0.717) is 12.1 Å². The first-order chi connectivity index (χ1) is 9.32. The van der Waals surface area contributed by atoms with Gasteiger partial charge in [-0.2, -0.15) is 0 Å². The number of phenolic OH excluding ortho intramolecular Hbond substituents is 1. The average molecular weight is 301 g/mol. The quantitative estimate of drug-likeness (QED) is 0.896. The smallest absolute Gasteiger partial charge is 0.183 e. The van der Waals surface area contributed by atoms with Crippen LogP contribution in [-0.4, -0.2) is 26.3 Å². The summed E-state index contributed by atoms with van der Waals surface area (Å²) in [6.07, 6.45) is 5.55. The SMILES string of the molecule is CS(=O)(=O)c1ccc(C2(CN)CCCCC2)c(O)c1F. The van der Waals surface area contributed by atoms with E-state index in [1.54, 1.807) is 0 Å². The monoisotopic (exact) mass is 301 g/mol.